The van der Waals surface area contributed by atoms with Crippen LogP contribution in [0.15, 0.2) is 30.3 Å². The number of hydrogen-bond acceptors (Lipinski definition) is 3. The average Bonchev–Trinajstić information content (AvgIpc) is 2.33. The van der Waals surface area contributed by atoms with Crippen LogP contribution in [0.1, 0.15) is 31.2 Å². The smallest absolute Gasteiger partial charge is 0.308 e. The molecular weight excluding hydrogens is 216 g/mol. The Kier molecular flexibility index (Phi) is 3.79. The third-order valence-corrected chi connectivity index (χ3v) is 3.35. The molecule has 0 spiro atoms. The summed E-state index contributed by atoms with van der Waals surface area (Å²) in [6, 6.07) is 10.0. The van der Waals surface area contributed by atoms with Crippen LogP contribution < -0.4 is 0 Å². The van der Waals surface area contributed by atoms with Crippen LogP contribution in [-0.4, -0.2) is 18.7 Å². The fourth-order valence-corrected chi connectivity index (χ4v) is 2.09. The first-order valence-corrected chi connectivity index (χ1v) is 5.99. The summed E-state index contributed by atoms with van der Waals surface area (Å²) in [6.45, 7) is 0.567. The fourth-order valence-electron chi connectivity index (χ4n) is 2.09. The van der Waals surface area contributed by atoms with E-state index in [0.29, 0.717) is 13.0 Å². The minimum Gasteiger partial charge on any atom is -0.469 e. The number of carbonyl (C=O) groups is 1. The van der Waals surface area contributed by atoms with Gasteiger partial charge in [-0.3, -0.25) is 4.79 Å². The summed E-state index contributed by atoms with van der Waals surface area (Å²) >= 11 is 0. The van der Waals surface area contributed by atoms with Gasteiger partial charge in [-0.25, -0.2) is 0 Å². The van der Waals surface area contributed by atoms with Crippen LogP contribution in [0, 0.1) is 0 Å². The zero-order chi connectivity index (χ0) is 12.1. The van der Waals surface area contributed by atoms with E-state index in [9.17, 15) is 4.79 Å². The van der Waals surface area contributed by atoms with Crippen LogP contribution in [0.25, 0.3) is 0 Å². The molecule has 0 atom stereocenters. The molecule has 0 unspecified atom stereocenters. The van der Waals surface area contributed by atoms with Gasteiger partial charge in [0, 0.05) is 0 Å². The number of methoxy groups -OCH3 is 1. The maximum atomic E-state index is 11.3. The molecule has 1 aromatic rings. The van der Waals surface area contributed by atoms with Crippen LogP contribution in [0.4, 0.5) is 0 Å². The third kappa shape index (κ3) is 3.07. The van der Waals surface area contributed by atoms with Crippen molar-refractivity contribution in [3.63, 3.8) is 0 Å². The Morgan fingerprint density at radius 3 is 2.53 bits per heavy atom. The second kappa shape index (κ2) is 5.32. The second-order valence-electron chi connectivity index (χ2n) is 4.56. The lowest BCUT2D eigenvalue weighted by atomic mass is 9.77. The number of rotatable bonds is 5. The summed E-state index contributed by atoms with van der Waals surface area (Å²) in [5.74, 6) is -0.183. The summed E-state index contributed by atoms with van der Waals surface area (Å²) < 4.78 is 10.6. The van der Waals surface area contributed by atoms with E-state index in [1.807, 2.05) is 30.3 Å². The van der Waals surface area contributed by atoms with Crippen molar-refractivity contribution >= 4 is 5.97 Å². The molecule has 0 N–H and O–H groups in total. The topological polar surface area (TPSA) is 35.5 Å². The van der Waals surface area contributed by atoms with E-state index >= 15 is 0 Å². The predicted molar refractivity (Wildman–Crippen MR) is 64.4 cm³/mol. The molecule has 0 saturated heterocycles. The molecule has 1 fully saturated rings. The Hall–Kier alpha value is -1.35. The van der Waals surface area contributed by atoms with Crippen LogP contribution in [0.5, 0.6) is 0 Å². The first-order chi connectivity index (χ1) is 8.24. The average molecular weight is 234 g/mol. The van der Waals surface area contributed by atoms with Gasteiger partial charge in [-0.2, -0.15) is 0 Å². The normalized spacial score (nSPS) is 17.2. The maximum Gasteiger partial charge on any atom is 0.308 e. The quantitative estimate of drug-likeness (QED) is 0.735. The van der Waals surface area contributed by atoms with Crippen LogP contribution >= 0.6 is 0 Å². The first-order valence-electron chi connectivity index (χ1n) is 5.99. The molecule has 0 aliphatic heterocycles. The molecule has 0 heterocycles. The van der Waals surface area contributed by atoms with Gasteiger partial charge < -0.3 is 9.47 Å². The van der Waals surface area contributed by atoms with Gasteiger partial charge in [-0.1, -0.05) is 30.3 Å². The largest absolute Gasteiger partial charge is 0.469 e. The summed E-state index contributed by atoms with van der Waals surface area (Å²) in [7, 11) is 1.42. The van der Waals surface area contributed by atoms with Crippen molar-refractivity contribution in [3.8, 4) is 0 Å². The molecule has 17 heavy (non-hydrogen) atoms. The van der Waals surface area contributed by atoms with Crippen molar-refractivity contribution in [2.75, 3.05) is 7.11 Å². The highest BCUT2D eigenvalue weighted by Gasteiger charge is 2.40. The number of esters is 1. The SMILES string of the molecule is COC(=O)CC1(OCc2ccccc2)CCC1. The van der Waals surface area contributed by atoms with E-state index in [1.165, 1.54) is 7.11 Å². The lowest BCUT2D eigenvalue weighted by Gasteiger charge is -2.40. The maximum absolute atomic E-state index is 11.3. The summed E-state index contributed by atoms with van der Waals surface area (Å²) in [4.78, 5) is 11.3. The van der Waals surface area contributed by atoms with Gasteiger partial charge in [0.25, 0.3) is 0 Å². The van der Waals surface area contributed by atoms with Gasteiger partial charge in [0.15, 0.2) is 0 Å². The van der Waals surface area contributed by atoms with Gasteiger partial charge in [-0.15, -0.1) is 0 Å². The Labute approximate surface area is 102 Å². The summed E-state index contributed by atoms with van der Waals surface area (Å²) in [5.41, 5.74) is 0.867. The molecule has 1 aromatic carbocycles. The van der Waals surface area contributed by atoms with Crippen LogP contribution in [0.3, 0.4) is 0 Å². The van der Waals surface area contributed by atoms with Crippen molar-refractivity contribution in [2.24, 2.45) is 0 Å². The van der Waals surface area contributed by atoms with E-state index in [-0.39, 0.29) is 11.6 Å². The number of benzene rings is 1. The zero-order valence-corrected chi connectivity index (χ0v) is 10.1. The molecule has 0 aromatic heterocycles. The molecule has 1 saturated carbocycles. The van der Waals surface area contributed by atoms with E-state index < -0.39 is 0 Å². The highest BCUT2D eigenvalue weighted by atomic mass is 16.5. The van der Waals surface area contributed by atoms with Gasteiger partial charge in [0.2, 0.25) is 0 Å². The fraction of sp³-hybridized carbons (Fsp3) is 0.500. The highest BCUT2D eigenvalue weighted by molar-refractivity contribution is 5.70. The minimum absolute atomic E-state index is 0.183. The summed E-state index contributed by atoms with van der Waals surface area (Å²) in [5, 5.41) is 0. The predicted octanol–water partition coefficient (Wildman–Crippen LogP) is 2.69. The molecule has 0 radical (unpaired) electrons. The molecule has 3 heteroatoms. The highest BCUT2D eigenvalue weighted by Crippen LogP contribution is 2.39. The molecular formula is C14H18O3. The standard InChI is InChI=1S/C14H18O3/c1-16-13(15)10-14(8-5-9-14)17-11-12-6-3-2-4-7-12/h2-4,6-7H,5,8-11H2,1H3. The minimum atomic E-state index is -0.275. The summed E-state index contributed by atoms with van der Waals surface area (Å²) in [6.07, 6.45) is 3.41. The van der Waals surface area contributed by atoms with Crippen molar-refractivity contribution in [1.82, 2.24) is 0 Å². The lowest BCUT2D eigenvalue weighted by molar-refractivity contribution is -0.159. The molecule has 1 aliphatic carbocycles. The van der Waals surface area contributed by atoms with E-state index in [1.54, 1.807) is 0 Å². The lowest BCUT2D eigenvalue weighted by Crippen LogP contribution is -2.42. The Morgan fingerprint density at radius 1 is 1.29 bits per heavy atom. The van der Waals surface area contributed by atoms with Gasteiger partial charge in [-0.05, 0) is 24.8 Å². The van der Waals surface area contributed by atoms with Gasteiger partial charge in [0.1, 0.15) is 0 Å². The first kappa shape index (κ1) is 12.1. The third-order valence-electron chi connectivity index (χ3n) is 3.35. The van der Waals surface area contributed by atoms with Gasteiger partial charge >= 0.3 is 5.97 Å². The number of carbonyl (C=O) groups excluding carboxylic acids is 1. The van der Waals surface area contributed by atoms with Gasteiger partial charge in [0.05, 0.1) is 25.7 Å². The van der Waals surface area contributed by atoms with E-state index in [0.717, 1.165) is 24.8 Å². The van der Waals surface area contributed by atoms with Crippen molar-refractivity contribution in [2.45, 2.75) is 37.9 Å². The van der Waals surface area contributed by atoms with Crippen LogP contribution in [-0.2, 0) is 20.9 Å². The molecule has 3 nitrogen and oxygen atoms in total. The Morgan fingerprint density at radius 2 is 2.00 bits per heavy atom. The van der Waals surface area contributed by atoms with Crippen molar-refractivity contribution < 1.29 is 14.3 Å². The molecule has 2 rings (SSSR count). The van der Waals surface area contributed by atoms with Crippen LogP contribution in [0.2, 0.25) is 0 Å². The van der Waals surface area contributed by atoms with E-state index in [2.05, 4.69) is 0 Å². The zero-order valence-electron chi connectivity index (χ0n) is 10.1. The van der Waals surface area contributed by atoms with Crippen molar-refractivity contribution in [3.05, 3.63) is 35.9 Å². The Balaban J connectivity index is 1.89. The number of hydrogen-bond donors (Lipinski definition) is 0. The monoisotopic (exact) mass is 234 g/mol. The molecule has 92 valence electrons. The van der Waals surface area contributed by atoms with E-state index in [4.69, 9.17) is 9.47 Å². The molecule has 0 bridgehead atoms. The molecule has 1 aliphatic rings. The Bertz CT molecular complexity index is 368. The molecule has 0 amide bonds. The second-order valence-corrected chi connectivity index (χ2v) is 4.56. The van der Waals surface area contributed by atoms with Crippen molar-refractivity contribution in [1.29, 1.82) is 0 Å². The number of ether oxygens (including phenoxy) is 2.